The Kier molecular flexibility index (Phi) is 5.05. The highest BCUT2D eigenvalue weighted by Gasteiger charge is 2.26. The molecule has 112 valence electrons. The van der Waals surface area contributed by atoms with Crippen LogP contribution in [-0.4, -0.2) is 30.3 Å². The van der Waals surface area contributed by atoms with Crippen LogP contribution in [0.15, 0.2) is 24.3 Å². The van der Waals surface area contributed by atoms with Crippen LogP contribution in [0.4, 0.5) is 0 Å². The summed E-state index contributed by atoms with van der Waals surface area (Å²) >= 11 is 0. The highest BCUT2D eigenvalue weighted by Crippen LogP contribution is 2.11. The minimum atomic E-state index is -0.398. The molecule has 0 saturated carbocycles. The van der Waals surface area contributed by atoms with Crippen LogP contribution < -0.4 is 16.0 Å². The zero-order valence-electron chi connectivity index (χ0n) is 11.9. The topological polar surface area (TPSA) is 87.3 Å². The summed E-state index contributed by atoms with van der Waals surface area (Å²) < 4.78 is 0. The van der Waals surface area contributed by atoms with Crippen molar-refractivity contribution in [3.05, 3.63) is 35.4 Å². The van der Waals surface area contributed by atoms with Gasteiger partial charge in [-0.1, -0.05) is 18.2 Å². The monoisotopic (exact) mass is 289 g/mol. The van der Waals surface area contributed by atoms with Gasteiger partial charge in [-0.2, -0.15) is 0 Å². The fourth-order valence-electron chi connectivity index (χ4n) is 2.27. The van der Waals surface area contributed by atoms with E-state index in [1.165, 1.54) is 0 Å². The molecule has 2 rings (SSSR count). The van der Waals surface area contributed by atoms with Crippen molar-refractivity contribution in [3.63, 3.8) is 0 Å². The van der Waals surface area contributed by atoms with Gasteiger partial charge in [0.25, 0.3) is 5.91 Å². The Morgan fingerprint density at radius 3 is 2.81 bits per heavy atom. The first kappa shape index (κ1) is 15.2. The van der Waals surface area contributed by atoms with Crippen molar-refractivity contribution in [1.82, 2.24) is 16.0 Å². The number of carbonyl (C=O) groups is 3. The average Bonchev–Trinajstić information content (AvgIpc) is 2.47. The van der Waals surface area contributed by atoms with Crippen LogP contribution in [0.3, 0.4) is 0 Å². The van der Waals surface area contributed by atoms with Crippen molar-refractivity contribution < 1.29 is 14.4 Å². The number of rotatable bonds is 5. The van der Waals surface area contributed by atoms with Gasteiger partial charge in [-0.05, 0) is 25.0 Å². The van der Waals surface area contributed by atoms with Crippen molar-refractivity contribution in [1.29, 1.82) is 0 Å². The van der Waals surface area contributed by atoms with Crippen LogP contribution >= 0.6 is 0 Å². The van der Waals surface area contributed by atoms with Crippen molar-refractivity contribution in [2.45, 2.75) is 32.4 Å². The van der Waals surface area contributed by atoms with E-state index in [0.717, 1.165) is 5.56 Å². The van der Waals surface area contributed by atoms with E-state index >= 15 is 0 Å². The summed E-state index contributed by atoms with van der Waals surface area (Å²) in [4.78, 5) is 34.7. The third-order valence-electron chi connectivity index (χ3n) is 3.38. The first-order valence-electron chi connectivity index (χ1n) is 7.05. The lowest BCUT2D eigenvalue weighted by Gasteiger charge is -2.22. The molecule has 1 saturated heterocycles. The van der Waals surface area contributed by atoms with E-state index in [1.807, 2.05) is 19.1 Å². The summed E-state index contributed by atoms with van der Waals surface area (Å²) in [6, 6.07) is 6.87. The standard InChI is InChI=1S/C15H19N3O3/c1-2-16-14(20)11-6-4-3-5-10(11)9-17-12-7-8-13(19)18-15(12)21/h3-6,12,17H,2,7-9H2,1H3,(H,16,20)(H,18,19,21)/t12-/m0/s1. The molecule has 0 spiro atoms. The predicted molar refractivity (Wildman–Crippen MR) is 77.5 cm³/mol. The quantitative estimate of drug-likeness (QED) is 0.682. The molecular weight excluding hydrogens is 270 g/mol. The molecule has 6 heteroatoms. The Morgan fingerprint density at radius 2 is 2.10 bits per heavy atom. The first-order valence-corrected chi connectivity index (χ1v) is 7.05. The van der Waals surface area contributed by atoms with Gasteiger partial charge in [-0.3, -0.25) is 19.7 Å². The van der Waals surface area contributed by atoms with Crippen LogP contribution in [0, 0.1) is 0 Å². The van der Waals surface area contributed by atoms with Gasteiger partial charge in [-0.25, -0.2) is 0 Å². The molecule has 0 aliphatic carbocycles. The number of nitrogens with one attached hydrogen (secondary N) is 3. The van der Waals surface area contributed by atoms with E-state index in [0.29, 0.717) is 31.5 Å². The number of carbonyl (C=O) groups excluding carboxylic acids is 3. The molecule has 0 unspecified atom stereocenters. The van der Waals surface area contributed by atoms with E-state index in [4.69, 9.17) is 0 Å². The maximum absolute atomic E-state index is 12.0. The SMILES string of the molecule is CCNC(=O)c1ccccc1CN[C@H]1CCC(=O)NC1=O. The minimum absolute atomic E-state index is 0.127. The van der Waals surface area contributed by atoms with Gasteiger partial charge in [0.1, 0.15) is 0 Å². The molecule has 0 radical (unpaired) electrons. The second-order valence-electron chi connectivity index (χ2n) is 4.90. The zero-order chi connectivity index (χ0) is 15.2. The van der Waals surface area contributed by atoms with Crippen LogP contribution in [0.25, 0.3) is 0 Å². The molecular formula is C15H19N3O3. The Balaban J connectivity index is 2.01. The predicted octanol–water partition coefficient (Wildman–Crippen LogP) is 0.331. The second kappa shape index (κ2) is 6.99. The highest BCUT2D eigenvalue weighted by atomic mass is 16.2. The average molecular weight is 289 g/mol. The molecule has 1 aliphatic rings. The molecule has 1 aromatic carbocycles. The summed E-state index contributed by atoms with van der Waals surface area (Å²) in [5, 5.41) is 8.17. The van der Waals surface area contributed by atoms with E-state index in [1.54, 1.807) is 12.1 Å². The maximum atomic E-state index is 12.0. The van der Waals surface area contributed by atoms with E-state index in [2.05, 4.69) is 16.0 Å². The van der Waals surface area contributed by atoms with E-state index < -0.39 is 6.04 Å². The van der Waals surface area contributed by atoms with Crippen LogP contribution in [-0.2, 0) is 16.1 Å². The lowest BCUT2D eigenvalue weighted by molar-refractivity contribution is -0.134. The molecule has 3 N–H and O–H groups in total. The Bertz CT molecular complexity index is 557. The number of imide groups is 1. The summed E-state index contributed by atoms with van der Waals surface area (Å²) in [5.41, 5.74) is 1.42. The van der Waals surface area contributed by atoms with Crippen molar-refractivity contribution in [2.24, 2.45) is 0 Å². The normalized spacial score (nSPS) is 18.2. The van der Waals surface area contributed by atoms with Crippen molar-refractivity contribution in [2.75, 3.05) is 6.54 Å². The second-order valence-corrected chi connectivity index (χ2v) is 4.90. The lowest BCUT2D eigenvalue weighted by atomic mass is 10.0. The Labute approximate surface area is 123 Å². The van der Waals surface area contributed by atoms with Crippen molar-refractivity contribution >= 4 is 17.7 Å². The fraction of sp³-hybridized carbons (Fsp3) is 0.400. The molecule has 0 bridgehead atoms. The zero-order valence-corrected chi connectivity index (χ0v) is 11.9. The number of hydrogen-bond acceptors (Lipinski definition) is 4. The maximum Gasteiger partial charge on any atom is 0.251 e. The largest absolute Gasteiger partial charge is 0.352 e. The third-order valence-corrected chi connectivity index (χ3v) is 3.38. The lowest BCUT2D eigenvalue weighted by Crippen LogP contribution is -2.50. The molecule has 1 heterocycles. The van der Waals surface area contributed by atoms with Gasteiger partial charge < -0.3 is 10.6 Å². The molecule has 21 heavy (non-hydrogen) atoms. The Hall–Kier alpha value is -2.21. The van der Waals surface area contributed by atoms with Gasteiger partial charge in [0.05, 0.1) is 6.04 Å². The van der Waals surface area contributed by atoms with Gasteiger partial charge >= 0.3 is 0 Å². The minimum Gasteiger partial charge on any atom is -0.352 e. The molecule has 1 atom stereocenters. The summed E-state index contributed by atoms with van der Waals surface area (Å²) in [6.45, 7) is 2.83. The number of piperidine rings is 1. The summed E-state index contributed by atoms with van der Waals surface area (Å²) in [6.07, 6.45) is 0.815. The molecule has 3 amide bonds. The summed E-state index contributed by atoms with van der Waals surface area (Å²) in [5.74, 6) is -0.666. The number of hydrogen-bond donors (Lipinski definition) is 3. The van der Waals surface area contributed by atoms with E-state index in [-0.39, 0.29) is 17.7 Å². The van der Waals surface area contributed by atoms with E-state index in [9.17, 15) is 14.4 Å². The molecule has 6 nitrogen and oxygen atoms in total. The number of amides is 3. The molecule has 0 aromatic heterocycles. The molecule has 1 aromatic rings. The van der Waals surface area contributed by atoms with Crippen LogP contribution in [0.5, 0.6) is 0 Å². The number of benzene rings is 1. The highest BCUT2D eigenvalue weighted by molar-refractivity contribution is 6.00. The third kappa shape index (κ3) is 3.88. The molecule has 1 aliphatic heterocycles. The van der Waals surface area contributed by atoms with Gasteiger partial charge in [0, 0.05) is 25.1 Å². The Morgan fingerprint density at radius 1 is 1.33 bits per heavy atom. The van der Waals surface area contributed by atoms with Crippen LogP contribution in [0.2, 0.25) is 0 Å². The van der Waals surface area contributed by atoms with Gasteiger partial charge in [0.2, 0.25) is 11.8 Å². The fourth-order valence-corrected chi connectivity index (χ4v) is 2.27. The first-order chi connectivity index (χ1) is 10.1. The van der Waals surface area contributed by atoms with Crippen molar-refractivity contribution in [3.8, 4) is 0 Å². The molecule has 1 fully saturated rings. The van der Waals surface area contributed by atoms with Gasteiger partial charge in [0.15, 0.2) is 0 Å². The smallest absolute Gasteiger partial charge is 0.251 e. The van der Waals surface area contributed by atoms with Crippen LogP contribution in [0.1, 0.15) is 35.7 Å². The summed E-state index contributed by atoms with van der Waals surface area (Å²) in [7, 11) is 0. The van der Waals surface area contributed by atoms with Gasteiger partial charge in [-0.15, -0.1) is 0 Å².